The second-order valence-corrected chi connectivity index (χ2v) is 5.06. The Morgan fingerprint density at radius 3 is 2.96 bits per heavy atom. The maximum atomic E-state index is 11.8. The highest BCUT2D eigenvalue weighted by atomic mass is 18.2. The molecule has 0 amide bonds. The first-order valence-electron chi connectivity index (χ1n) is 7.84. The summed E-state index contributed by atoms with van der Waals surface area (Å²) < 4.78 is 16.8. The molecule has 0 N–H and O–H groups in total. The van der Waals surface area contributed by atoms with E-state index in [1.54, 1.807) is 6.20 Å². The van der Waals surface area contributed by atoms with Crippen LogP contribution in [0.2, 0.25) is 0 Å². The highest BCUT2D eigenvalue weighted by Crippen LogP contribution is 2.15. The third-order valence-corrected chi connectivity index (χ3v) is 3.16. The van der Waals surface area contributed by atoms with Gasteiger partial charge in [0.05, 0.1) is 18.9 Å². The van der Waals surface area contributed by atoms with E-state index in [0.29, 0.717) is 19.6 Å². The van der Waals surface area contributed by atoms with Gasteiger partial charge in [-0.15, -0.1) is 0 Å². The molecule has 1 aromatic rings. The predicted molar refractivity (Wildman–Crippen MR) is 87.8 cm³/mol. The molecule has 23 heavy (non-hydrogen) atoms. The van der Waals surface area contributed by atoms with Crippen LogP contribution in [-0.2, 0) is 9.57 Å². The van der Waals surface area contributed by atoms with Crippen LogP contribution in [0.5, 0.6) is 0 Å². The molecule has 1 aliphatic carbocycles. The zero-order valence-corrected chi connectivity index (χ0v) is 13.1. The summed E-state index contributed by atoms with van der Waals surface area (Å²) in [5.74, 6) is 6.21. The topological polar surface area (TPSA) is 43.7 Å². The predicted octanol–water partition coefficient (Wildman–Crippen LogP) is 3.29. The van der Waals surface area contributed by atoms with Crippen LogP contribution in [0.3, 0.4) is 0 Å². The van der Waals surface area contributed by atoms with Gasteiger partial charge in [-0.2, -0.15) is 0 Å². The Balaban J connectivity index is 1.79. The minimum Gasteiger partial charge on any atom is -0.396 e. The monoisotopic (exact) mass is 315 g/mol. The summed E-state index contributed by atoms with van der Waals surface area (Å²) in [5, 5.41) is 4.13. The van der Waals surface area contributed by atoms with Gasteiger partial charge in [0, 0.05) is 18.2 Å². The van der Waals surface area contributed by atoms with E-state index in [0.717, 1.165) is 36.2 Å². The molecule has 0 spiro atoms. The van der Waals surface area contributed by atoms with Gasteiger partial charge in [0.15, 0.2) is 0 Å². The van der Waals surface area contributed by atoms with E-state index >= 15 is 0 Å². The quantitative estimate of drug-likeness (QED) is 0.440. The lowest BCUT2D eigenvalue weighted by molar-refractivity contribution is 0.0794. The lowest BCUT2D eigenvalue weighted by Crippen LogP contribution is -2.05. The van der Waals surface area contributed by atoms with Crippen LogP contribution in [-0.4, -0.2) is 37.2 Å². The first-order chi connectivity index (χ1) is 11.4. The summed E-state index contributed by atoms with van der Waals surface area (Å²) in [4.78, 5) is 9.46. The van der Waals surface area contributed by atoms with E-state index in [2.05, 4.69) is 22.0 Å². The number of halogens is 1. The standard InChI is InChI=1S/C18H21FN2O2/c19-10-14-22-12-4-13-23-21-18-7-3-5-16(15-18)8-9-17-6-1-2-11-20-17/h1-2,6,11,15H,3-5,7,10,12-14H2/b21-18+/i19-1. The number of ether oxygens (including phenoxy) is 1. The fourth-order valence-electron chi connectivity index (χ4n) is 2.07. The molecule has 0 aromatic carbocycles. The van der Waals surface area contributed by atoms with E-state index in [4.69, 9.17) is 9.57 Å². The van der Waals surface area contributed by atoms with Crippen molar-refractivity contribution in [1.82, 2.24) is 4.98 Å². The number of aromatic nitrogens is 1. The number of hydrogen-bond acceptors (Lipinski definition) is 4. The molecule has 1 heterocycles. The molecular formula is C18H21FN2O2. The van der Waals surface area contributed by atoms with Crippen molar-refractivity contribution >= 4 is 5.71 Å². The minimum atomic E-state index is -0.448. The van der Waals surface area contributed by atoms with Crippen molar-refractivity contribution < 1.29 is 14.0 Å². The van der Waals surface area contributed by atoms with Crippen molar-refractivity contribution in [3.8, 4) is 11.8 Å². The second kappa shape index (κ2) is 10.5. The van der Waals surface area contributed by atoms with E-state index in [9.17, 15) is 4.39 Å². The average molecular weight is 315 g/mol. The molecule has 0 bridgehead atoms. The van der Waals surface area contributed by atoms with Gasteiger partial charge >= 0.3 is 0 Å². The largest absolute Gasteiger partial charge is 0.396 e. The van der Waals surface area contributed by atoms with Crippen LogP contribution in [0.1, 0.15) is 31.4 Å². The Kier molecular flexibility index (Phi) is 7.85. The first kappa shape index (κ1) is 17.2. The summed E-state index contributed by atoms with van der Waals surface area (Å²) in [6.45, 7) is 0.663. The number of nitrogens with zero attached hydrogens (tertiary/aromatic N) is 2. The van der Waals surface area contributed by atoms with Crippen LogP contribution in [0.4, 0.5) is 4.39 Å². The zero-order chi connectivity index (χ0) is 16.2. The second-order valence-electron chi connectivity index (χ2n) is 5.06. The lowest BCUT2D eigenvalue weighted by atomic mass is 9.98. The van der Waals surface area contributed by atoms with Crippen molar-refractivity contribution in [3.63, 3.8) is 0 Å². The first-order valence-corrected chi connectivity index (χ1v) is 7.84. The third kappa shape index (κ3) is 7.07. The van der Waals surface area contributed by atoms with Gasteiger partial charge < -0.3 is 9.57 Å². The van der Waals surface area contributed by atoms with Gasteiger partial charge in [0.25, 0.3) is 0 Å². The van der Waals surface area contributed by atoms with Crippen LogP contribution in [0.15, 0.2) is 41.2 Å². The molecule has 0 saturated carbocycles. The van der Waals surface area contributed by atoms with Gasteiger partial charge in [-0.3, -0.25) is 0 Å². The molecule has 122 valence electrons. The molecule has 4 nitrogen and oxygen atoms in total. The Bertz CT molecular complexity index is 588. The fourth-order valence-corrected chi connectivity index (χ4v) is 2.07. The Morgan fingerprint density at radius 1 is 1.17 bits per heavy atom. The smallest absolute Gasteiger partial charge is 0.119 e. The Hall–Kier alpha value is -2.19. The summed E-state index contributed by atoms with van der Waals surface area (Å²) in [6, 6.07) is 5.68. The average Bonchev–Trinajstić information content (AvgIpc) is 2.60. The molecule has 1 aliphatic rings. The van der Waals surface area contributed by atoms with E-state index < -0.39 is 6.67 Å². The minimum absolute atomic E-state index is 0.148. The van der Waals surface area contributed by atoms with Crippen molar-refractivity contribution in [1.29, 1.82) is 0 Å². The number of pyridine rings is 1. The molecule has 0 saturated heterocycles. The number of allylic oxidation sites excluding steroid dienone is 2. The Labute approximate surface area is 136 Å². The van der Waals surface area contributed by atoms with Crippen LogP contribution >= 0.6 is 0 Å². The summed E-state index contributed by atoms with van der Waals surface area (Å²) in [5.41, 5.74) is 2.73. The molecule has 0 fully saturated rings. The van der Waals surface area contributed by atoms with Crippen LogP contribution < -0.4 is 0 Å². The molecule has 0 unspecified atom stereocenters. The molecular weight excluding hydrogens is 294 g/mol. The van der Waals surface area contributed by atoms with Gasteiger partial charge in [0.1, 0.15) is 19.0 Å². The van der Waals surface area contributed by atoms with Crippen LogP contribution in [0, 0.1) is 11.8 Å². The molecule has 5 heteroatoms. The lowest BCUT2D eigenvalue weighted by Gasteiger charge is -2.09. The van der Waals surface area contributed by atoms with E-state index in [1.165, 1.54) is 0 Å². The summed E-state index contributed by atoms with van der Waals surface area (Å²) >= 11 is 0. The molecule has 0 aliphatic heterocycles. The highest BCUT2D eigenvalue weighted by molar-refractivity contribution is 5.96. The van der Waals surface area contributed by atoms with Gasteiger partial charge in [-0.25, -0.2) is 9.37 Å². The van der Waals surface area contributed by atoms with Gasteiger partial charge in [0.2, 0.25) is 0 Å². The van der Waals surface area contributed by atoms with Crippen LogP contribution in [0.25, 0.3) is 0 Å². The Morgan fingerprint density at radius 2 is 2.13 bits per heavy atom. The zero-order valence-electron chi connectivity index (χ0n) is 13.1. The summed E-state index contributed by atoms with van der Waals surface area (Å²) in [6.07, 6.45) is 7.29. The molecule has 2 rings (SSSR count). The van der Waals surface area contributed by atoms with E-state index in [1.807, 2.05) is 24.3 Å². The molecule has 1 aromatic heterocycles. The summed E-state index contributed by atoms with van der Waals surface area (Å²) in [7, 11) is 0. The number of hydrogen-bond donors (Lipinski definition) is 0. The highest BCUT2D eigenvalue weighted by Gasteiger charge is 2.07. The third-order valence-electron chi connectivity index (χ3n) is 3.16. The number of alkyl halides is 1. The van der Waals surface area contributed by atoms with Gasteiger partial charge in [-0.05, 0) is 43.4 Å². The maximum Gasteiger partial charge on any atom is 0.119 e. The normalized spacial score (nSPS) is 15.7. The number of rotatable bonds is 7. The number of oxime groups is 1. The van der Waals surface area contributed by atoms with E-state index in [-0.39, 0.29) is 6.61 Å². The molecule has 0 radical (unpaired) electrons. The maximum absolute atomic E-state index is 11.8. The van der Waals surface area contributed by atoms with Crippen molar-refractivity contribution in [2.75, 3.05) is 26.5 Å². The SMILES string of the molecule is [18F]CCOCCCO/N=C1/C=C(C#Cc2ccccn2)CCC1. The fraction of sp³-hybridized carbons (Fsp3) is 0.444. The van der Waals surface area contributed by atoms with Crippen molar-refractivity contribution in [2.45, 2.75) is 25.7 Å². The van der Waals surface area contributed by atoms with Gasteiger partial charge in [-0.1, -0.05) is 17.1 Å². The van der Waals surface area contributed by atoms with Crippen molar-refractivity contribution in [2.24, 2.45) is 5.16 Å². The van der Waals surface area contributed by atoms with Crippen molar-refractivity contribution in [3.05, 3.63) is 41.7 Å². The molecule has 0 atom stereocenters.